The van der Waals surface area contributed by atoms with E-state index in [9.17, 15) is 18.0 Å². The summed E-state index contributed by atoms with van der Waals surface area (Å²) in [6.07, 6.45) is 3.42. The van der Waals surface area contributed by atoms with Crippen LogP contribution in [0.3, 0.4) is 0 Å². The second kappa shape index (κ2) is 14.1. The molecule has 1 atom stereocenters. The monoisotopic (exact) mass is 598 g/mol. The highest BCUT2D eigenvalue weighted by atomic mass is 35.5. The molecule has 216 valence electrons. The molecule has 10 nitrogen and oxygen atoms in total. The first-order valence-corrected chi connectivity index (χ1v) is 14.8. The van der Waals surface area contributed by atoms with Crippen molar-refractivity contribution in [3.8, 4) is 5.75 Å². The van der Waals surface area contributed by atoms with E-state index in [-0.39, 0.29) is 34.2 Å². The van der Waals surface area contributed by atoms with Gasteiger partial charge in [-0.2, -0.15) is 5.10 Å². The lowest BCUT2D eigenvalue weighted by Gasteiger charge is -2.24. The molecule has 3 aromatic rings. The quantitative estimate of drug-likeness (QED) is 0.242. The predicted octanol–water partition coefficient (Wildman–Crippen LogP) is 3.67. The van der Waals surface area contributed by atoms with E-state index in [4.69, 9.17) is 21.1 Å². The number of aryl methyl sites for hydroxylation is 1. The van der Waals surface area contributed by atoms with Crippen molar-refractivity contribution in [3.05, 3.63) is 88.9 Å². The number of hydrogen-bond acceptors (Lipinski definition) is 7. The molecule has 2 N–H and O–H groups in total. The van der Waals surface area contributed by atoms with Crippen LogP contribution in [0, 0.1) is 6.92 Å². The Morgan fingerprint density at radius 3 is 2.49 bits per heavy atom. The van der Waals surface area contributed by atoms with Gasteiger partial charge in [-0.15, -0.1) is 0 Å². The lowest BCUT2D eigenvalue weighted by Crippen LogP contribution is -2.39. The van der Waals surface area contributed by atoms with E-state index in [0.717, 1.165) is 29.3 Å². The second-order valence-corrected chi connectivity index (χ2v) is 11.6. The summed E-state index contributed by atoms with van der Waals surface area (Å²) >= 11 is 6.30. The van der Waals surface area contributed by atoms with Gasteiger partial charge < -0.3 is 14.8 Å². The number of benzene rings is 3. The van der Waals surface area contributed by atoms with Crippen LogP contribution in [0.4, 0.5) is 5.69 Å². The first kappa shape index (κ1) is 30.0. The second-order valence-electron chi connectivity index (χ2n) is 9.37. The molecule has 3 aromatic carbocycles. The van der Waals surface area contributed by atoms with E-state index >= 15 is 0 Å². The van der Waals surface area contributed by atoms with Crippen LogP contribution in [0.5, 0.6) is 5.75 Å². The number of rotatable bonds is 12. The number of ether oxygens (including phenoxy) is 2. The van der Waals surface area contributed by atoms with E-state index in [1.54, 1.807) is 54.6 Å². The lowest BCUT2D eigenvalue weighted by molar-refractivity contribution is -0.123. The van der Waals surface area contributed by atoms with Crippen LogP contribution in [-0.2, 0) is 24.3 Å². The van der Waals surface area contributed by atoms with E-state index in [2.05, 4.69) is 15.8 Å². The van der Waals surface area contributed by atoms with Gasteiger partial charge in [-0.3, -0.25) is 13.9 Å². The Bertz CT molecular complexity index is 1470. The molecule has 0 aliphatic carbocycles. The predicted molar refractivity (Wildman–Crippen MR) is 157 cm³/mol. The maximum absolute atomic E-state index is 13.5. The summed E-state index contributed by atoms with van der Waals surface area (Å²) in [4.78, 5) is 24.8. The highest BCUT2D eigenvalue weighted by Gasteiger charge is 2.28. The minimum atomic E-state index is -4.10. The third-order valence-corrected chi connectivity index (χ3v) is 8.31. The molecule has 0 bridgehead atoms. The molecule has 0 saturated carbocycles. The van der Waals surface area contributed by atoms with Crippen LogP contribution < -0.4 is 19.8 Å². The van der Waals surface area contributed by atoms with Crippen LogP contribution in [0.1, 0.15) is 24.0 Å². The molecule has 0 aromatic heterocycles. The number of carbonyl (C=O) groups excluding carboxylic acids is 2. The summed E-state index contributed by atoms with van der Waals surface area (Å²) in [5.74, 6) is -0.398. The van der Waals surface area contributed by atoms with Gasteiger partial charge in [-0.25, -0.2) is 13.8 Å². The normalized spacial score (nSPS) is 15.0. The Hall–Kier alpha value is -3.93. The first-order chi connectivity index (χ1) is 19.7. The molecular formula is C29H31ClN4O6S. The molecule has 1 saturated heterocycles. The standard InChI is InChI=1S/C29H31ClN4O6S/c1-21-8-14-25(15-9-21)41(37,38)34(27-7-3-2-6-26(27)30)19-28(35)33-32-17-22-10-12-23(13-11-22)40-20-29(36)31-18-24-5-4-16-39-24/h2-3,6-15,17,24H,4-5,16,18-20H2,1H3,(H,31,36)(H,33,35)/b32-17-/t24-/m0/s1. The zero-order chi connectivity index (χ0) is 29.2. The molecule has 12 heteroatoms. The molecule has 4 rings (SSSR count). The summed E-state index contributed by atoms with van der Waals surface area (Å²) in [7, 11) is -4.10. The molecule has 1 aliphatic heterocycles. The molecule has 1 heterocycles. The number of sulfonamides is 1. The smallest absolute Gasteiger partial charge is 0.264 e. The summed E-state index contributed by atoms with van der Waals surface area (Å²) in [6, 6.07) is 19.5. The molecular weight excluding hydrogens is 568 g/mol. The van der Waals surface area contributed by atoms with Crippen molar-refractivity contribution >= 4 is 45.3 Å². The molecule has 0 radical (unpaired) electrons. The van der Waals surface area contributed by atoms with Crippen molar-refractivity contribution in [3.63, 3.8) is 0 Å². The Labute approximate surface area is 244 Å². The SMILES string of the molecule is Cc1ccc(S(=O)(=O)N(CC(=O)N/N=C\c2ccc(OCC(=O)NC[C@@H]3CCCO3)cc2)c2ccccc2Cl)cc1. The summed E-state index contributed by atoms with van der Waals surface area (Å²) < 4.78 is 38.9. The van der Waals surface area contributed by atoms with E-state index < -0.39 is 22.5 Å². The average molecular weight is 599 g/mol. The van der Waals surface area contributed by atoms with Crippen LogP contribution in [0.25, 0.3) is 0 Å². The topological polar surface area (TPSA) is 126 Å². The number of anilines is 1. The van der Waals surface area contributed by atoms with Gasteiger partial charge in [-0.1, -0.05) is 41.4 Å². The van der Waals surface area contributed by atoms with E-state index in [1.165, 1.54) is 24.4 Å². The van der Waals surface area contributed by atoms with Gasteiger partial charge in [0.05, 0.1) is 27.9 Å². The van der Waals surface area contributed by atoms with Crippen molar-refractivity contribution in [2.24, 2.45) is 5.10 Å². The minimum Gasteiger partial charge on any atom is -0.484 e. The summed E-state index contributed by atoms with van der Waals surface area (Å²) in [6.45, 7) is 2.38. The van der Waals surface area contributed by atoms with Gasteiger partial charge in [0.2, 0.25) is 0 Å². The number of halogens is 1. The van der Waals surface area contributed by atoms with Gasteiger partial charge in [0.15, 0.2) is 6.61 Å². The van der Waals surface area contributed by atoms with Crippen LogP contribution in [0.15, 0.2) is 82.8 Å². The molecule has 41 heavy (non-hydrogen) atoms. The zero-order valence-electron chi connectivity index (χ0n) is 22.5. The van der Waals surface area contributed by atoms with Crippen LogP contribution in [-0.4, -0.2) is 58.9 Å². The number of hydrogen-bond donors (Lipinski definition) is 2. The van der Waals surface area contributed by atoms with Crippen molar-refractivity contribution in [2.75, 3.05) is 30.6 Å². The number of nitrogens with zero attached hydrogens (tertiary/aromatic N) is 2. The summed E-state index contributed by atoms with van der Waals surface area (Å²) in [5.41, 5.74) is 4.08. The van der Waals surface area contributed by atoms with Gasteiger partial charge in [0, 0.05) is 13.2 Å². The summed E-state index contributed by atoms with van der Waals surface area (Å²) in [5, 5.41) is 6.92. The fourth-order valence-corrected chi connectivity index (χ4v) is 5.75. The van der Waals surface area contributed by atoms with Gasteiger partial charge in [0.25, 0.3) is 21.8 Å². The van der Waals surface area contributed by atoms with E-state index in [1.807, 2.05) is 6.92 Å². The Morgan fingerprint density at radius 1 is 1.07 bits per heavy atom. The van der Waals surface area contributed by atoms with Crippen molar-refractivity contribution < 1.29 is 27.5 Å². The Morgan fingerprint density at radius 2 is 1.80 bits per heavy atom. The molecule has 0 spiro atoms. The highest BCUT2D eigenvalue weighted by Crippen LogP contribution is 2.30. The van der Waals surface area contributed by atoms with Gasteiger partial charge in [-0.05, 0) is 73.9 Å². The zero-order valence-corrected chi connectivity index (χ0v) is 24.0. The largest absolute Gasteiger partial charge is 0.484 e. The van der Waals surface area contributed by atoms with Crippen molar-refractivity contribution in [1.29, 1.82) is 0 Å². The van der Waals surface area contributed by atoms with Crippen LogP contribution in [0.2, 0.25) is 5.02 Å². The fraction of sp³-hybridized carbons (Fsp3) is 0.276. The third kappa shape index (κ3) is 8.53. The number of nitrogens with one attached hydrogen (secondary N) is 2. The minimum absolute atomic E-state index is 0.0296. The fourth-order valence-electron chi connectivity index (χ4n) is 4.02. The molecule has 1 aliphatic rings. The lowest BCUT2D eigenvalue weighted by atomic mass is 10.2. The number of carbonyl (C=O) groups is 2. The number of hydrazone groups is 1. The highest BCUT2D eigenvalue weighted by molar-refractivity contribution is 7.92. The molecule has 1 fully saturated rings. The van der Waals surface area contributed by atoms with Crippen molar-refractivity contribution in [1.82, 2.24) is 10.7 Å². The average Bonchev–Trinajstić information content (AvgIpc) is 3.49. The molecule has 2 amide bonds. The first-order valence-electron chi connectivity index (χ1n) is 13.0. The maximum atomic E-state index is 13.5. The van der Waals surface area contributed by atoms with Crippen molar-refractivity contribution in [2.45, 2.75) is 30.8 Å². The van der Waals surface area contributed by atoms with Gasteiger partial charge >= 0.3 is 0 Å². The van der Waals surface area contributed by atoms with Gasteiger partial charge in [0.1, 0.15) is 12.3 Å². The number of amides is 2. The Balaban J connectivity index is 1.33. The maximum Gasteiger partial charge on any atom is 0.264 e. The number of para-hydroxylation sites is 1. The molecule has 0 unspecified atom stereocenters. The third-order valence-electron chi connectivity index (χ3n) is 6.22. The van der Waals surface area contributed by atoms with E-state index in [0.29, 0.717) is 17.9 Å². The Kier molecular flexibility index (Phi) is 10.3. The van der Waals surface area contributed by atoms with Crippen LogP contribution >= 0.6 is 11.6 Å².